The number of anilines is 1. The smallest absolute Gasteiger partial charge is 0.256 e. The lowest BCUT2D eigenvalue weighted by molar-refractivity contribution is -0.118. The average molecular weight is 450 g/mol. The van der Waals surface area contributed by atoms with E-state index in [2.05, 4.69) is 29.5 Å². The standard InChI is InChI=1S/C24H23N3O2S2/c1-13-19(22(29)27-23-26-14-7-4-5-8-17(14)31-23)21(18-9-6-10-30-18)20-15(25-13)11-24(2,3)12-16(20)28/h4-10,21,25H,11-12H2,1-3H3,(H,26,27,29). The molecule has 5 nitrogen and oxygen atoms in total. The number of aromatic nitrogens is 1. The number of dihydropyridines is 1. The van der Waals surface area contributed by atoms with Crippen LogP contribution in [0.5, 0.6) is 0 Å². The van der Waals surface area contributed by atoms with Crippen molar-refractivity contribution in [1.82, 2.24) is 10.3 Å². The van der Waals surface area contributed by atoms with Crippen LogP contribution in [0.3, 0.4) is 0 Å². The third kappa shape index (κ3) is 3.62. The second kappa shape index (κ2) is 7.43. The van der Waals surface area contributed by atoms with E-state index in [9.17, 15) is 9.59 Å². The number of thiophene rings is 1. The molecule has 31 heavy (non-hydrogen) atoms. The molecule has 3 aromatic rings. The van der Waals surface area contributed by atoms with Crippen LogP contribution in [0, 0.1) is 5.41 Å². The van der Waals surface area contributed by atoms with Crippen molar-refractivity contribution in [2.24, 2.45) is 5.41 Å². The molecule has 3 heterocycles. The number of nitrogens with one attached hydrogen (secondary N) is 2. The van der Waals surface area contributed by atoms with Gasteiger partial charge < -0.3 is 5.32 Å². The van der Waals surface area contributed by atoms with Crippen molar-refractivity contribution in [3.63, 3.8) is 0 Å². The highest BCUT2D eigenvalue weighted by molar-refractivity contribution is 7.22. The van der Waals surface area contributed by atoms with Crippen molar-refractivity contribution in [1.29, 1.82) is 0 Å². The summed E-state index contributed by atoms with van der Waals surface area (Å²) in [7, 11) is 0. The van der Waals surface area contributed by atoms with Crippen molar-refractivity contribution in [2.75, 3.05) is 5.32 Å². The molecular formula is C24H23N3O2S2. The summed E-state index contributed by atoms with van der Waals surface area (Å²) < 4.78 is 1.02. The third-order valence-corrected chi connectivity index (χ3v) is 7.72. The van der Waals surface area contributed by atoms with E-state index in [-0.39, 0.29) is 23.0 Å². The highest BCUT2D eigenvalue weighted by atomic mass is 32.1. The fraction of sp³-hybridized carbons (Fsp3) is 0.292. The Morgan fingerprint density at radius 3 is 2.74 bits per heavy atom. The zero-order valence-corrected chi connectivity index (χ0v) is 19.2. The number of hydrogen-bond donors (Lipinski definition) is 2. The second-order valence-corrected chi connectivity index (χ2v) is 10.9. The van der Waals surface area contributed by atoms with E-state index in [4.69, 9.17) is 0 Å². The summed E-state index contributed by atoms with van der Waals surface area (Å²) in [5.41, 5.74) is 3.84. The SMILES string of the molecule is CC1=C(C(=O)Nc2nc3ccccc3s2)C(c2cccs2)C2=C(CC(C)(C)CC2=O)N1. The van der Waals surface area contributed by atoms with Gasteiger partial charge in [-0.1, -0.05) is 43.4 Å². The molecule has 0 saturated heterocycles. The molecule has 2 N–H and O–H groups in total. The summed E-state index contributed by atoms with van der Waals surface area (Å²) in [6.07, 6.45) is 1.28. The monoisotopic (exact) mass is 449 g/mol. The normalized spacial score (nSPS) is 20.6. The number of ketones is 1. The number of Topliss-reactive ketones (excluding diaryl/α,β-unsaturated/α-hetero) is 1. The van der Waals surface area contributed by atoms with Gasteiger partial charge in [0.25, 0.3) is 5.91 Å². The number of hydrogen-bond acceptors (Lipinski definition) is 6. The van der Waals surface area contributed by atoms with E-state index in [1.54, 1.807) is 11.3 Å². The van der Waals surface area contributed by atoms with Gasteiger partial charge >= 0.3 is 0 Å². The molecule has 7 heteroatoms. The summed E-state index contributed by atoms with van der Waals surface area (Å²) in [6, 6.07) is 11.8. The van der Waals surface area contributed by atoms with Gasteiger partial charge in [-0.25, -0.2) is 4.98 Å². The molecule has 5 rings (SSSR count). The minimum absolute atomic E-state index is 0.0933. The Kier molecular flexibility index (Phi) is 4.83. The Morgan fingerprint density at radius 1 is 1.19 bits per heavy atom. The van der Waals surface area contributed by atoms with E-state index >= 15 is 0 Å². The van der Waals surface area contributed by atoms with Crippen LogP contribution in [0.2, 0.25) is 0 Å². The van der Waals surface area contributed by atoms with Gasteiger partial charge in [0.1, 0.15) is 0 Å². The lowest BCUT2D eigenvalue weighted by Crippen LogP contribution is -2.39. The number of rotatable bonds is 3. The molecule has 158 valence electrons. The van der Waals surface area contributed by atoms with E-state index in [1.165, 1.54) is 11.3 Å². The molecule has 0 spiro atoms. The maximum absolute atomic E-state index is 13.5. The van der Waals surface area contributed by atoms with E-state index in [0.717, 1.165) is 38.5 Å². The molecular weight excluding hydrogens is 426 g/mol. The first kappa shape index (κ1) is 20.2. The Morgan fingerprint density at radius 2 is 2.00 bits per heavy atom. The number of fused-ring (bicyclic) bond motifs is 1. The van der Waals surface area contributed by atoms with Gasteiger partial charge in [-0.15, -0.1) is 11.3 Å². The highest BCUT2D eigenvalue weighted by Crippen LogP contribution is 2.47. The van der Waals surface area contributed by atoms with Crippen molar-refractivity contribution in [2.45, 2.75) is 39.5 Å². The summed E-state index contributed by atoms with van der Waals surface area (Å²) >= 11 is 3.03. The lowest BCUT2D eigenvalue weighted by atomic mass is 9.69. The maximum Gasteiger partial charge on any atom is 0.256 e. The van der Waals surface area contributed by atoms with E-state index in [0.29, 0.717) is 17.1 Å². The maximum atomic E-state index is 13.5. The van der Waals surface area contributed by atoms with Crippen LogP contribution in [0.15, 0.2) is 64.3 Å². The molecule has 1 atom stereocenters. The number of thiazole rings is 1. The van der Waals surface area contributed by atoms with E-state index in [1.807, 2.05) is 48.7 Å². The zero-order chi connectivity index (χ0) is 21.8. The van der Waals surface area contributed by atoms with Crippen LogP contribution >= 0.6 is 22.7 Å². The van der Waals surface area contributed by atoms with Gasteiger partial charge in [0.15, 0.2) is 10.9 Å². The van der Waals surface area contributed by atoms with Gasteiger partial charge in [-0.3, -0.25) is 14.9 Å². The molecule has 0 fully saturated rings. The number of nitrogens with zero attached hydrogens (tertiary/aromatic N) is 1. The summed E-state index contributed by atoms with van der Waals surface area (Å²) in [6.45, 7) is 6.15. The van der Waals surface area contributed by atoms with Crippen LogP contribution in [0.25, 0.3) is 10.2 Å². The van der Waals surface area contributed by atoms with Crippen LogP contribution < -0.4 is 10.6 Å². The molecule has 1 unspecified atom stereocenters. The summed E-state index contributed by atoms with van der Waals surface area (Å²) in [4.78, 5) is 32.3. The number of amides is 1. The number of carbonyl (C=O) groups is 2. The van der Waals surface area contributed by atoms with Crippen molar-refractivity contribution in [3.8, 4) is 0 Å². The Labute approximate surface area is 188 Å². The van der Waals surface area contributed by atoms with Crippen LogP contribution in [-0.4, -0.2) is 16.7 Å². The lowest BCUT2D eigenvalue weighted by Gasteiger charge is -2.39. The van der Waals surface area contributed by atoms with Gasteiger partial charge in [-0.2, -0.15) is 0 Å². The van der Waals surface area contributed by atoms with Gasteiger partial charge in [0, 0.05) is 33.8 Å². The van der Waals surface area contributed by atoms with Gasteiger partial charge in [0.05, 0.1) is 16.1 Å². The van der Waals surface area contributed by atoms with Gasteiger partial charge in [-0.05, 0) is 42.3 Å². The largest absolute Gasteiger partial charge is 0.362 e. The Hall–Kier alpha value is -2.77. The van der Waals surface area contributed by atoms with Crippen molar-refractivity contribution >= 4 is 49.7 Å². The molecule has 1 aliphatic carbocycles. The molecule has 1 aromatic carbocycles. The number of carbonyl (C=O) groups excluding carboxylic acids is 2. The topological polar surface area (TPSA) is 71.1 Å². The quantitative estimate of drug-likeness (QED) is 0.546. The summed E-state index contributed by atoms with van der Waals surface area (Å²) in [5.74, 6) is -0.448. The van der Waals surface area contributed by atoms with Crippen molar-refractivity contribution < 1.29 is 9.59 Å². The van der Waals surface area contributed by atoms with Crippen molar-refractivity contribution in [3.05, 3.63) is 69.2 Å². The van der Waals surface area contributed by atoms with Crippen LogP contribution in [-0.2, 0) is 9.59 Å². The summed E-state index contributed by atoms with van der Waals surface area (Å²) in [5, 5.41) is 8.95. The average Bonchev–Trinajstić information content (AvgIpc) is 3.35. The van der Waals surface area contributed by atoms with Gasteiger partial charge in [0.2, 0.25) is 0 Å². The fourth-order valence-corrected chi connectivity index (χ4v) is 6.27. The Bertz CT molecular complexity index is 1230. The number of benzene rings is 1. The molecule has 1 aliphatic heterocycles. The first-order valence-electron chi connectivity index (χ1n) is 10.3. The number of para-hydroxylation sites is 1. The molecule has 0 radical (unpaired) electrons. The molecule has 2 aromatic heterocycles. The number of allylic oxidation sites excluding steroid dienone is 3. The first-order valence-corrected chi connectivity index (χ1v) is 12.0. The molecule has 2 aliphatic rings. The second-order valence-electron chi connectivity index (χ2n) is 8.89. The zero-order valence-electron chi connectivity index (χ0n) is 17.6. The first-order chi connectivity index (χ1) is 14.8. The highest BCUT2D eigenvalue weighted by Gasteiger charge is 2.43. The minimum atomic E-state index is -0.353. The molecule has 0 bridgehead atoms. The predicted molar refractivity (Wildman–Crippen MR) is 126 cm³/mol. The fourth-order valence-electron chi connectivity index (χ4n) is 4.57. The van der Waals surface area contributed by atoms with Crippen LogP contribution in [0.1, 0.15) is 44.4 Å². The molecule has 0 saturated carbocycles. The van der Waals surface area contributed by atoms with Crippen LogP contribution in [0.4, 0.5) is 5.13 Å². The Balaban J connectivity index is 1.55. The molecule has 1 amide bonds. The predicted octanol–water partition coefficient (Wildman–Crippen LogP) is 5.60. The minimum Gasteiger partial charge on any atom is -0.362 e. The third-order valence-electron chi connectivity index (χ3n) is 5.83. The van der Waals surface area contributed by atoms with E-state index < -0.39 is 0 Å².